The molecule has 1 saturated heterocycles. The van der Waals surface area contributed by atoms with Crippen LogP contribution in [-0.4, -0.2) is 60.1 Å². The van der Waals surface area contributed by atoms with Gasteiger partial charge in [-0.1, -0.05) is 6.92 Å². The number of carbonyl (C=O) groups excluding carboxylic acids is 3. The molecule has 0 aromatic heterocycles. The van der Waals surface area contributed by atoms with Crippen LogP contribution in [0.1, 0.15) is 59.8 Å². The van der Waals surface area contributed by atoms with Gasteiger partial charge in [-0.25, -0.2) is 18.4 Å². The fourth-order valence-corrected chi connectivity index (χ4v) is 4.06. The van der Waals surface area contributed by atoms with Crippen molar-refractivity contribution < 1.29 is 32.6 Å². The van der Waals surface area contributed by atoms with Gasteiger partial charge in [-0.05, 0) is 51.9 Å². The lowest BCUT2D eigenvalue weighted by Gasteiger charge is -2.36. The molecule has 2 fully saturated rings. The third kappa shape index (κ3) is 6.02. The summed E-state index contributed by atoms with van der Waals surface area (Å²) in [5.74, 6) is -4.28. The van der Waals surface area contributed by atoms with Gasteiger partial charge in [-0.3, -0.25) is 4.79 Å². The SMILES string of the molecule is COC(=O)C1[C@@H](C)CCN1C(=O)[C@@H](NC(=O)OC(C)(C)C)C1CCC(F)(F)CC1. The van der Waals surface area contributed by atoms with Gasteiger partial charge in [0.15, 0.2) is 0 Å². The zero-order valence-electron chi connectivity index (χ0n) is 17.8. The number of alkyl carbamates (subject to hydrolysis) is 1. The second-order valence-corrected chi connectivity index (χ2v) is 9.08. The maximum absolute atomic E-state index is 13.6. The molecule has 166 valence electrons. The van der Waals surface area contributed by atoms with E-state index >= 15 is 0 Å². The third-order valence-corrected chi connectivity index (χ3v) is 5.60. The summed E-state index contributed by atoms with van der Waals surface area (Å²) < 4.78 is 37.4. The first-order valence-electron chi connectivity index (χ1n) is 10.1. The largest absolute Gasteiger partial charge is 0.467 e. The highest BCUT2D eigenvalue weighted by molar-refractivity contribution is 5.90. The monoisotopic (exact) mass is 418 g/mol. The lowest BCUT2D eigenvalue weighted by molar-refractivity contribution is -0.153. The third-order valence-electron chi connectivity index (χ3n) is 5.60. The number of hydrogen-bond donors (Lipinski definition) is 1. The van der Waals surface area contributed by atoms with Crippen LogP contribution in [0.2, 0.25) is 0 Å². The van der Waals surface area contributed by atoms with Gasteiger partial charge in [-0.2, -0.15) is 0 Å². The first-order chi connectivity index (χ1) is 13.3. The molecule has 0 aromatic rings. The fourth-order valence-electron chi connectivity index (χ4n) is 4.06. The lowest BCUT2D eigenvalue weighted by atomic mass is 9.81. The second kappa shape index (κ2) is 8.83. The zero-order chi connectivity index (χ0) is 22.0. The zero-order valence-corrected chi connectivity index (χ0v) is 17.8. The summed E-state index contributed by atoms with van der Waals surface area (Å²) in [4.78, 5) is 39.3. The number of carbonyl (C=O) groups is 3. The Morgan fingerprint density at radius 1 is 1.14 bits per heavy atom. The van der Waals surface area contributed by atoms with E-state index in [0.717, 1.165) is 0 Å². The van der Waals surface area contributed by atoms with Gasteiger partial charge in [0.1, 0.15) is 17.7 Å². The number of amides is 2. The lowest BCUT2D eigenvalue weighted by Crippen LogP contribution is -2.56. The number of hydrogen-bond acceptors (Lipinski definition) is 5. The number of esters is 1. The Bertz CT molecular complexity index is 625. The molecule has 1 unspecified atom stereocenters. The van der Waals surface area contributed by atoms with Crippen molar-refractivity contribution in [1.82, 2.24) is 10.2 Å². The second-order valence-electron chi connectivity index (χ2n) is 9.08. The molecule has 29 heavy (non-hydrogen) atoms. The van der Waals surface area contributed by atoms with E-state index in [1.807, 2.05) is 6.92 Å². The average molecular weight is 418 g/mol. The van der Waals surface area contributed by atoms with Gasteiger partial charge in [-0.15, -0.1) is 0 Å². The van der Waals surface area contributed by atoms with Crippen LogP contribution in [0.4, 0.5) is 13.6 Å². The van der Waals surface area contributed by atoms with Crippen LogP contribution < -0.4 is 5.32 Å². The molecule has 1 aliphatic carbocycles. The number of halogens is 2. The summed E-state index contributed by atoms with van der Waals surface area (Å²) in [5, 5.41) is 2.59. The first-order valence-corrected chi connectivity index (χ1v) is 10.1. The van der Waals surface area contributed by atoms with Crippen LogP contribution in [-0.2, 0) is 19.1 Å². The van der Waals surface area contributed by atoms with Gasteiger partial charge in [0, 0.05) is 19.4 Å². The first kappa shape index (κ1) is 23.3. The molecule has 9 heteroatoms. The summed E-state index contributed by atoms with van der Waals surface area (Å²) >= 11 is 0. The van der Waals surface area contributed by atoms with E-state index < -0.39 is 47.5 Å². The number of rotatable bonds is 4. The summed E-state index contributed by atoms with van der Waals surface area (Å²) in [7, 11) is 1.26. The van der Waals surface area contributed by atoms with Crippen LogP contribution in [0.25, 0.3) is 0 Å². The van der Waals surface area contributed by atoms with Gasteiger partial charge in [0.2, 0.25) is 11.8 Å². The smallest absolute Gasteiger partial charge is 0.408 e. The molecule has 1 aliphatic heterocycles. The minimum absolute atomic E-state index is 0.0933. The number of likely N-dealkylation sites (tertiary alicyclic amines) is 1. The predicted molar refractivity (Wildman–Crippen MR) is 101 cm³/mol. The normalized spacial score (nSPS) is 26.0. The minimum atomic E-state index is -2.76. The molecule has 0 aromatic carbocycles. The highest BCUT2D eigenvalue weighted by Crippen LogP contribution is 2.38. The van der Waals surface area contributed by atoms with Crippen molar-refractivity contribution >= 4 is 18.0 Å². The molecule has 0 bridgehead atoms. The Morgan fingerprint density at radius 2 is 1.72 bits per heavy atom. The molecule has 1 saturated carbocycles. The molecule has 2 amide bonds. The van der Waals surface area contributed by atoms with Crippen LogP contribution in [0.5, 0.6) is 0 Å². The Balaban J connectivity index is 2.22. The number of alkyl halides is 2. The highest BCUT2D eigenvalue weighted by Gasteiger charge is 2.46. The standard InChI is InChI=1S/C20H32F2N2O5/c1-12-8-11-24(15(12)17(26)28-5)16(25)14(23-18(27)29-19(2,3)4)13-6-9-20(21,22)10-7-13/h12-15H,6-11H2,1-5H3,(H,23,27)/t12-,14-,15?/m0/s1. The van der Waals surface area contributed by atoms with E-state index in [1.54, 1.807) is 20.8 Å². The molecule has 1 N–H and O–H groups in total. The van der Waals surface area contributed by atoms with Crippen molar-refractivity contribution in [2.45, 2.75) is 83.4 Å². The Kier molecular flexibility index (Phi) is 7.11. The van der Waals surface area contributed by atoms with E-state index in [1.165, 1.54) is 12.0 Å². The quantitative estimate of drug-likeness (QED) is 0.709. The van der Waals surface area contributed by atoms with Crippen molar-refractivity contribution in [3.63, 3.8) is 0 Å². The topological polar surface area (TPSA) is 84.9 Å². The number of ether oxygens (including phenoxy) is 2. The summed E-state index contributed by atoms with van der Waals surface area (Å²) in [5.41, 5.74) is -0.770. The average Bonchev–Trinajstić information content (AvgIpc) is 2.99. The summed E-state index contributed by atoms with van der Waals surface area (Å²) in [6, 6.07) is -1.78. The van der Waals surface area contributed by atoms with E-state index in [-0.39, 0.29) is 31.6 Å². The number of nitrogens with zero attached hydrogens (tertiary/aromatic N) is 1. The van der Waals surface area contributed by atoms with Gasteiger partial charge in [0.05, 0.1) is 7.11 Å². The summed E-state index contributed by atoms with van der Waals surface area (Å²) in [6.07, 6.45) is -0.637. The maximum atomic E-state index is 13.6. The van der Waals surface area contributed by atoms with Gasteiger partial charge < -0.3 is 19.7 Å². The molecule has 3 atom stereocenters. The van der Waals surface area contributed by atoms with E-state index in [4.69, 9.17) is 9.47 Å². The van der Waals surface area contributed by atoms with E-state index in [0.29, 0.717) is 13.0 Å². The highest BCUT2D eigenvalue weighted by atomic mass is 19.3. The van der Waals surface area contributed by atoms with E-state index in [9.17, 15) is 23.2 Å². The van der Waals surface area contributed by atoms with Crippen LogP contribution in [0.3, 0.4) is 0 Å². The molecular weight excluding hydrogens is 386 g/mol. The fraction of sp³-hybridized carbons (Fsp3) is 0.850. The Hall–Kier alpha value is -1.93. The van der Waals surface area contributed by atoms with Crippen LogP contribution in [0, 0.1) is 11.8 Å². The van der Waals surface area contributed by atoms with Gasteiger partial charge >= 0.3 is 12.1 Å². The Morgan fingerprint density at radius 3 is 2.24 bits per heavy atom. The van der Waals surface area contributed by atoms with Crippen molar-refractivity contribution in [3.05, 3.63) is 0 Å². The van der Waals surface area contributed by atoms with Crippen molar-refractivity contribution in [2.24, 2.45) is 11.8 Å². The predicted octanol–water partition coefficient (Wildman–Crippen LogP) is 3.12. The Labute approximate surface area is 170 Å². The van der Waals surface area contributed by atoms with E-state index in [2.05, 4.69) is 5.32 Å². The molecule has 7 nitrogen and oxygen atoms in total. The van der Waals surface area contributed by atoms with Crippen molar-refractivity contribution in [2.75, 3.05) is 13.7 Å². The number of nitrogens with one attached hydrogen (secondary N) is 1. The molecule has 2 rings (SSSR count). The van der Waals surface area contributed by atoms with Crippen LogP contribution in [0.15, 0.2) is 0 Å². The number of methoxy groups -OCH3 is 1. The van der Waals surface area contributed by atoms with Crippen molar-refractivity contribution in [3.8, 4) is 0 Å². The molecular formula is C20H32F2N2O5. The van der Waals surface area contributed by atoms with Gasteiger partial charge in [0.25, 0.3) is 0 Å². The van der Waals surface area contributed by atoms with Crippen molar-refractivity contribution in [1.29, 1.82) is 0 Å². The van der Waals surface area contributed by atoms with Crippen LogP contribution >= 0.6 is 0 Å². The maximum Gasteiger partial charge on any atom is 0.408 e. The minimum Gasteiger partial charge on any atom is -0.467 e. The molecule has 0 radical (unpaired) electrons. The summed E-state index contributed by atoms with van der Waals surface area (Å²) in [6.45, 7) is 7.28. The molecule has 0 spiro atoms. The molecule has 2 aliphatic rings. The molecule has 1 heterocycles.